The Kier molecular flexibility index (Phi) is 7.04. The zero-order chi connectivity index (χ0) is 23.8. The van der Waals surface area contributed by atoms with Gasteiger partial charge in [-0.2, -0.15) is 4.39 Å². The van der Waals surface area contributed by atoms with E-state index in [1.807, 2.05) is 4.72 Å². The van der Waals surface area contributed by atoms with Gasteiger partial charge < -0.3 is 14.5 Å². The molecule has 0 amide bonds. The van der Waals surface area contributed by atoms with E-state index in [0.717, 1.165) is 50.7 Å². The number of likely N-dealkylation sites (tertiary alicyclic amines) is 1. The van der Waals surface area contributed by atoms with Crippen LogP contribution in [-0.4, -0.2) is 64.2 Å². The molecule has 2 fully saturated rings. The Morgan fingerprint density at radius 3 is 2.70 bits per heavy atom. The van der Waals surface area contributed by atoms with Crippen molar-refractivity contribution < 1.29 is 26.3 Å². The van der Waals surface area contributed by atoms with E-state index in [1.54, 1.807) is 12.0 Å². The molecule has 1 aromatic carbocycles. The topological polar surface area (TPSA) is 74.8 Å². The van der Waals surface area contributed by atoms with Crippen LogP contribution in [0.4, 0.5) is 24.7 Å². The molecule has 2 atom stereocenters. The third kappa shape index (κ3) is 5.21. The summed E-state index contributed by atoms with van der Waals surface area (Å²) in [6.45, 7) is 3.73. The number of hydrogen-bond donors (Lipinski definition) is 1. The number of aromatic nitrogens is 1. The monoisotopic (exact) mass is 504 g/mol. The second-order valence-electron chi connectivity index (χ2n) is 8.29. The van der Waals surface area contributed by atoms with Crippen molar-refractivity contribution in [1.82, 2.24) is 9.88 Å². The number of anilines is 2. The molecule has 0 saturated carbocycles. The molecule has 1 N–H and O–H groups in total. The van der Waals surface area contributed by atoms with Crippen LogP contribution in [-0.2, 0) is 14.8 Å². The number of nitrogens with one attached hydrogen (secondary N) is 1. The Morgan fingerprint density at radius 1 is 1.21 bits per heavy atom. The van der Waals surface area contributed by atoms with Crippen LogP contribution >= 0.6 is 11.6 Å². The van der Waals surface area contributed by atoms with Gasteiger partial charge in [0.25, 0.3) is 10.0 Å². The maximum Gasteiger partial charge on any atom is 0.268 e. The Balaban J connectivity index is 1.51. The molecule has 4 rings (SSSR count). The van der Waals surface area contributed by atoms with Crippen molar-refractivity contribution in [3.05, 3.63) is 46.9 Å². The fraction of sp³-hybridized carbons (Fsp3) is 0.476. The summed E-state index contributed by atoms with van der Waals surface area (Å²) in [7, 11) is -3.04. The molecule has 1 aromatic heterocycles. The third-order valence-corrected chi connectivity index (χ3v) is 7.77. The number of sulfonamides is 1. The van der Waals surface area contributed by atoms with Crippen molar-refractivity contribution in [2.45, 2.75) is 23.8 Å². The summed E-state index contributed by atoms with van der Waals surface area (Å²) in [5.74, 6) is -3.76. The first-order valence-corrected chi connectivity index (χ1v) is 12.4. The largest absolute Gasteiger partial charge is 0.380 e. The van der Waals surface area contributed by atoms with Crippen molar-refractivity contribution in [3.8, 4) is 0 Å². The van der Waals surface area contributed by atoms with E-state index in [2.05, 4.69) is 9.88 Å². The maximum absolute atomic E-state index is 15.0. The summed E-state index contributed by atoms with van der Waals surface area (Å²) < 4.78 is 75.6. The van der Waals surface area contributed by atoms with Gasteiger partial charge in [-0.3, -0.25) is 4.72 Å². The smallest absolute Gasteiger partial charge is 0.268 e. The number of methoxy groups -OCH3 is 1. The second kappa shape index (κ2) is 9.65. The first-order chi connectivity index (χ1) is 15.7. The van der Waals surface area contributed by atoms with Crippen LogP contribution in [0.1, 0.15) is 12.8 Å². The molecule has 0 aliphatic carbocycles. The molecule has 2 saturated heterocycles. The van der Waals surface area contributed by atoms with Gasteiger partial charge in [0, 0.05) is 45.9 Å². The minimum absolute atomic E-state index is 0.105. The van der Waals surface area contributed by atoms with Crippen molar-refractivity contribution >= 4 is 33.1 Å². The Hall–Kier alpha value is -2.08. The lowest BCUT2D eigenvalue weighted by molar-refractivity contribution is 0.106. The van der Waals surface area contributed by atoms with E-state index in [1.165, 1.54) is 6.07 Å². The molecule has 3 heterocycles. The molecule has 0 spiro atoms. The Morgan fingerprint density at radius 2 is 2.00 bits per heavy atom. The van der Waals surface area contributed by atoms with Gasteiger partial charge in [-0.25, -0.2) is 22.2 Å². The highest BCUT2D eigenvalue weighted by atomic mass is 35.5. The zero-order valence-corrected chi connectivity index (χ0v) is 19.5. The first kappa shape index (κ1) is 24.1. The Labute approximate surface area is 195 Å². The van der Waals surface area contributed by atoms with Crippen molar-refractivity contribution in [1.29, 1.82) is 0 Å². The van der Waals surface area contributed by atoms with E-state index in [9.17, 15) is 17.2 Å². The van der Waals surface area contributed by atoms with E-state index < -0.39 is 43.3 Å². The normalized spacial score (nSPS) is 21.7. The van der Waals surface area contributed by atoms with Crippen LogP contribution in [0.15, 0.2) is 29.2 Å². The fourth-order valence-corrected chi connectivity index (χ4v) is 5.89. The average molecular weight is 505 g/mol. The van der Waals surface area contributed by atoms with Crippen molar-refractivity contribution in [2.24, 2.45) is 5.92 Å². The van der Waals surface area contributed by atoms with Crippen molar-refractivity contribution in [2.75, 3.05) is 49.5 Å². The van der Waals surface area contributed by atoms with Crippen LogP contribution in [0.2, 0.25) is 5.02 Å². The highest BCUT2D eigenvalue weighted by Gasteiger charge is 2.33. The number of benzene rings is 1. The molecule has 33 heavy (non-hydrogen) atoms. The van der Waals surface area contributed by atoms with Crippen molar-refractivity contribution in [3.63, 3.8) is 0 Å². The SMILES string of the molecule is CO[C@@H]1CCN(CC2CCN(c3cc(F)c(S(=O)(=O)Nc4cccc(F)n4)c(F)c3Cl)C2)C1. The maximum atomic E-state index is 15.0. The lowest BCUT2D eigenvalue weighted by Crippen LogP contribution is -2.30. The van der Waals surface area contributed by atoms with Crippen LogP contribution < -0.4 is 9.62 Å². The minimum atomic E-state index is -4.74. The number of ether oxygens (including phenoxy) is 1. The molecule has 180 valence electrons. The number of halogens is 4. The second-order valence-corrected chi connectivity index (χ2v) is 10.3. The van der Waals surface area contributed by atoms with Crippen LogP contribution in [0.3, 0.4) is 0 Å². The van der Waals surface area contributed by atoms with Gasteiger partial charge in [0.15, 0.2) is 10.7 Å². The predicted octanol–water partition coefficient (Wildman–Crippen LogP) is 3.50. The fourth-order valence-electron chi connectivity index (χ4n) is 4.42. The zero-order valence-electron chi connectivity index (χ0n) is 17.9. The number of nitrogens with zero attached hydrogens (tertiary/aromatic N) is 3. The van der Waals surface area contributed by atoms with E-state index in [4.69, 9.17) is 16.3 Å². The summed E-state index contributed by atoms with van der Waals surface area (Å²) >= 11 is 6.16. The molecular weight excluding hydrogens is 481 g/mol. The predicted molar refractivity (Wildman–Crippen MR) is 119 cm³/mol. The van der Waals surface area contributed by atoms with Gasteiger partial charge in [-0.1, -0.05) is 17.7 Å². The van der Waals surface area contributed by atoms with Gasteiger partial charge in [-0.15, -0.1) is 0 Å². The van der Waals surface area contributed by atoms with E-state index in [-0.39, 0.29) is 17.7 Å². The molecule has 0 bridgehead atoms. The molecule has 7 nitrogen and oxygen atoms in total. The molecule has 12 heteroatoms. The highest BCUT2D eigenvalue weighted by molar-refractivity contribution is 7.92. The lowest BCUT2D eigenvalue weighted by Gasteiger charge is -2.23. The lowest BCUT2D eigenvalue weighted by atomic mass is 10.1. The highest BCUT2D eigenvalue weighted by Crippen LogP contribution is 2.37. The summed E-state index contributed by atoms with van der Waals surface area (Å²) in [4.78, 5) is 6.19. The summed E-state index contributed by atoms with van der Waals surface area (Å²) in [5.41, 5.74) is 0.105. The van der Waals surface area contributed by atoms with Gasteiger partial charge in [-0.05, 0) is 30.9 Å². The third-order valence-electron chi connectivity index (χ3n) is 6.03. The standard InChI is InChI=1S/C21H24ClF3N4O3S/c1-32-14-6-7-28(12-14)10-13-5-8-29(11-13)16-9-15(23)21(20(25)19(16)22)33(30,31)27-18-4-2-3-17(24)26-18/h2-4,9,13-14H,5-8,10-12H2,1H3,(H,26,27)/t13?,14-/m1/s1. The Bertz CT molecular complexity index is 1140. The molecule has 2 aliphatic rings. The number of pyridine rings is 1. The van der Waals surface area contributed by atoms with Gasteiger partial charge in [0.1, 0.15) is 16.7 Å². The number of rotatable bonds is 7. The summed E-state index contributed by atoms with van der Waals surface area (Å²) in [6.07, 6.45) is 2.02. The van der Waals surface area contributed by atoms with E-state index in [0.29, 0.717) is 13.1 Å². The van der Waals surface area contributed by atoms with Gasteiger partial charge in [0.2, 0.25) is 5.95 Å². The molecule has 0 radical (unpaired) electrons. The molecule has 2 aromatic rings. The summed E-state index contributed by atoms with van der Waals surface area (Å²) in [6, 6.07) is 4.31. The minimum Gasteiger partial charge on any atom is -0.380 e. The average Bonchev–Trinajstić information content (AvgIpc) is 3.40. The summed E-state index contributed by atoms with van der Waals surface area (Å²) in [5, 5.41) is -0.481. The van der Waals surface area contributed by atoms with Gasteiger partial charge in [0.05, 0.1) is 11.8 Å². The van der Waals surface area contributed by atoms with Gasteiger partial charge >= 0.3 is 0 Å². The molecule has 2 aliphatic heterocycles. The molecule has 1 unspecified atom stereocenters. The quantitative estimate of drug-likeness (QED) is 0.459. The van der Waals surface area contributed by atoms with Crippen LogP contribution in [0, 0.1) is 23.5 Å². The molecular formula is C21H24ClF3N4O3S. The van der Waals surface area contributed by atoms with Crippen LogP contribution in [0.25, 0.3) is 0 Å². The van der Waals surface area contributed by atoms with Crippen LogP contribution in [0.5, 0.6) is 0 Å². The number of hydrogen-bond acceptors (Lipinski definition) is 6. The van der Waals surface area contributed by atoms with E-state index >= 15 is 4.39 Å². The first-order valence-electron chi connectivity index (χ1n) is 10.5.